The molecule has 24 heavy (non-hydrogen) atoms. The van der Waals surface area contributed by atoms with Crippen LogP contribution in [0, 0.1) is 0 Å². The maximum Gasteiger partial charge on any atom is 0.273 e. The molecule has 0 saturated carbocycles. The Kier molecular flexibility index (Phi) is 3.61. The second-order valence-electron chi connectivity index (χ2n) is 6.93. The first kappa shape index (κ1) is 14.9. The molecule has 5 rings (SSSR count). The van der Waals surface area contributed by atoms with E-state index in [0.717, 1.165) is 18.0 Å². The van der Waals surface area contributed by atoms with E-state index in [0.29, 0.717) is 18.2 Å². The van der Waals surface area contributed by atoms with Crippen LogP contribution in [0.25, 0.3) is 20.5 Å². The fourth-order valence-electron chi connectivity index (χ4n) is 4.17. The van der Waals surface area contributed by atoms with Gasteiger partial charge < -0.3 is 9.64 Å². The highest BCUT2D eigenvalue weighted by atomic mass is 32.1. The quantitative estimate of drug-likeness (QED) is 0.658. The van der Waals surface area contributed by atoms with Gasteiger partial charge in [-0.2, -0.15) is 0 Å². The maximum atomic E-state index is 6.24. The summed E-state index contributed by atoms with van der Waals surface area (Å²) in [4.78, 5) is 8.26. The SMILES string of the molecule is CN1C2CCC1CC(Oc1ncc(-c3ccc4sccc4c3)s1)C2. The molecule has 2 aliphatic heterocycles. The lowest BCUT2D eigenvalue weighted by molar-refractivity contribution is 0.0660. The van der Waals surface area contributed by atoms with Crippen molar-refractivity contribution in [2.24, 2.45) is 0 Å². The number of piperidine rings is 1. The largest absolute Gasteiger partial charge is 0.467 e. The van der Waals surface area contributed by atoms with E-state index in [1.165, 1.54) is 33.4 Å². The summed E-state index contributed by atoms with van der Waals surface area (Å²) in [6, 6.07) is 10.2. The van der Waals surface area contributed by atoms with Crippen LogP contribution >= 0.6 is 22.7 Å². The second-order valence-corrected chi connectivity index (χ2v) is 8.87. The molecule has 2 atom stereocenters. The number of nitrogens with zero attached hydrogens (tertiary/aromatic N) is 2. The lowest BCUT2D eigenvalue weighted by Crippen LogP contribution is -2.43. The molecule has 0 aliphatic carbocycles. The van der Waals surface area contributed by atoms with Crippen molar-refractivity contribution in [2.75, 3.05) is 7.05 Å². The molecule has 0 amide bonds. The van der Waals surface area contributed by atoms with Gasteiger partial charge in [0, 0.05) is 23.0 Å². The first-order valence-corrected chi connectivity index (χ1v) is 10.3. The van der Waals surface area contributed by atoms with Crippen molar-refractivity contribution in [2.45, 2.75) is 43.9 Å². The molecule has 5 heteroatoms. The van der Waals surface area contributed by atoms with Crippen LogP contribution in [0.4, 0.5) is 0 Å². The van der Waals surface area contributed by atoms with Crippen LogP contribution < -0.4 is 4.74 Å². The summed E-state index contributed by atoms with van der Waals surface area (Å²) >= 11 is 3.46. The first-order chi connectivity index (χ1) is 11.8. The van der Waals surface area contributed by atoms with Crippen molar-refractivity contribution in [1.82, 2.24) is 9.88 Å². The van der Waals surface area contributed by atoms with Crippen LogP contribution in [0.2, 0.25) is 0 Å². The molecule has 0 spiro atoms. The van der Waals surface area contributed by atoms with Gasteiger partial charge in [-0.3, -0.25) is 0 Å². The molecule has 2 aliphatic rings. The van der Waals surface area contributed by atoms with Crippen LogP contribution in [0.5, 0.6) is 5.19 Å². The molecule has 4 heterocycles. The van der Waals surface area contributed by atoms with E-state index in [9.17, 15) is 0 Å². The van der Waals surface area contributed by atoms with Crippen molar-refractivity contribution in [3.05, 3.63) is 35.8 Å². The van der Waals surface area contributed by atoms with Crippen LogP contribution in [-0.2, 0) is 0 Å². The molecule has 2 fully saturated rings. The monoisotopic (exact) mass is 356 g/mol. The second kappa shape index (κ2) is 5.83. The minimum atomic E-state index is 0.331. The number of benzene rings is 1. The number of fused-ring (bicyclic) bond motifs is 3. The molecular weight excluding hydrogens is 336 g/mol. The van der Waals surface area contributed by atoms with Gasteiger partial charge in [-0.05, 0) is 67.3 Å². The Hall–Kier alpha value is -1.43. The summed E-state index contributed by atoms with van der Waals surface area (Å²) in [5.74, 6) is 0. The lowest BCUT2D eigenvalue weighted by Gasteiger charge is -2.35. The number of rotatable bonds is 3. The Morgan fingerprint density at radius 3 is 2.83 bits per heavy atom. The highest BCUT2D eigenvalue weighted by Gasteiger charge is 2.39. The third kappa shape index (κ3) is 2.55. The summed E-state index contributed by atoms with van der Waals surface area (Å²) in [5, 5.41) is 4.27. The average molecular weight is 357 g/mol. The molecule has 1 aromatic carbocycles. The Balaban J connectivity index is 1.34. The molecule has 3 aromatic rings. The van der Waals surface area contributed by atoms with Gasteiger partial charge in [0.1, 0.15) is 6.10 Å². The molecule has 2 saturated heterocycles. The minimum Gasteiger partial charge on any atom is -0.467 e. The molecule has 3 nitrogen and oxygen atoms in total. The Morgan fingerprint density at radius 1 is 1.17 bits per heavy atom. The van der Waals surface area contributed by atoms with E-state index < -0.39 is 0 Å². The van der Waals surface area contributed by atoms with Crippen LogP contribution in [-0.4, -0.2) is 35.1 Å². The van der Waals surface area contributed by atoms with Gasteiger partial charge >= 0.3 is 0 Å². The van der Waals surface area contributed by atoms with Crippen molar-refractivity contribution in [1.29, 1.82) is 0 Å². The highest BCUT2D eigenvalue weighted by molar-refractivity contribution is 7.17. The van der Waals surface area contributed by atoms with Crippen LogP contribution in [0.1, 0.15) is 25.7 Å². The van der Waals surface area contributed by atoms with Gasteiger partial charge in [0.05, 0.1) is 4.88 Å². The zero-order valence-electron chi connectivity index (χ0n) is 13.6. The molecule has 2 aromatic heterocycles. The van der Waals surface area contributed by atoms with Crippen LogP contribution in [0.3, 0.4) is 0 Å². The fourth-order valence-corrected chi connectivity index (χ4v) is 5.77. The van der Waals surface area contributed by atoms with Gasteiger partial charge in [0.2, 0.25) is 0 Å². The van der Waals surface area contributed by atoms with Gasteiger partial charge in [-0.25, -0.2) is 4.98 Å². The molecule has 0 N–H and O–H groups in total. The van der Waals surface area contributed by atoms with Gasteiger partial charge in [0.15, 0.2) is 0 Å². The van der Waals surface area contributed by atoms with Crippen molar-refractivity contribution in [3.8, 4) is 15.6 Å². The number of ether oxygens (including phenoxy) is 1. The zero-order valence-corrected chi connectivity index (χ0v) is 15.3. The third-order valence-electron chi connectivity index (χ3n) is 5.54. The van der Waals surface area contributed by atoms with E-state index >= 15 is 0 Å². The number of thiazole rings is 1. The van der Waals surface area contributed by atoms with E-state index in [1.807, 2.05) is 6.20 Å². The smallest absolute Gasteiger partial charge is 0.273 e. The normalized spacial score (nSPS) is 27.0. The van der Waals surface area contributed by atoms with Crippen molar-refractivity contribution in [3.63, 3.8) is 0 Å². The number of hydrogen-bond acceptors (Lipinski definition) is 5. The minimum absolute atomic E-state index is 0.331. The lowest BCUT2D eigenvalue weighted by atomic mass is 10.0. The predicted molar refractivity (Wildman–Crippen MR) is 101 cm³/mol. The molecular formula is C19H20N2OS2. The van der Waals surface area contributed by atoms with Gasteiger partial charge in [-0.1, -0.05) is 17.4 Å². The predicted octanol–water partition coefficient (Wildman–Crippen LogP) is 5.03. The summed E-state index contributed by atoms with van der Waals surface area (Å²) in [5.41, 5.74) is 1.23. The van der Waals surface area contributed by atoms with Gasteiger partial charge in [-0.15, -0.1) is 11.3 Å². The number of thiophene rings is 1. The summed E-state index contributed by atoms with van der Waals surface area (Å²) in [6.07, 6.45) is 7.22. The van der Waals surface area contributed by atoms with E-state index in [4.69, 9.17) is 4.74 Å². The molecule has 124 valence electrons. The number of hydrogen-bond donors (Lipinski definition) is 0. The van der Waals surface area contributed by atoms with E-state index in [-0.39, 0.29) is 0 Å². The van der Waals surface area contributed by atoms with Gasteiger partial charge in [0.25, 0.3) is 5.19 Å². The zero-order chi connectivity index (χ0) is 16.1. The maximum absolute atomic E-state index is 6.24. The molecule has 2 bridgehead atoms. The summed E-state index contributed by atoms with van der Waals surface area (Å²) in [7, 11) is 2.26. The summed E-state index contributed by atoms with van der Waals surface area (Å²) < 4.78 is 7.58. The van der Waals surface area contributed by atoms with Crippen LogP contribution in [0.15, 0.2) is 35.8 Å². The third-order valence-corrected chi connectivity index (χ3v) is 7.38. The Labute approximate surface area is 149 Å². The topological polar surface area (TPSA) is 25.4 Å². The summed E-state index contributed by atoms with van der Waals surface area (Å²) in [6.45, 7) is 0. The standard InChI is InChI=1S/C19H20N2OS2/c1-21-14-3-4-15(21)10-16(9-14)22-19-20-11-18(24-19)12-2-5-17-13(8-12)6-7-23-17/h2,5-8,11,14-16H,3-4,9-10H2,1H3. The first-order valence-electron chi connectivity index (χ1n) is 8.58. The Bertz CT molecular complexity index is 857. The van der Waals surface area contributed by atoms with Crippen molar-refractivity contribution < 1.29 is 4.74 Å². The molecule has 0 radical (unpaired) electrons. The highest BCUT2D eigenvalue weighted by Crippen LogP contribution is 2.38. The van der Waals surface area contributed by atoms with E-state index in [1.54, 1.807) is 22.7 Å². The number of aromatic nitrogens is 1. The average Bonchev–Trinajstić information content (AvgIpc) is 3.27. The Morgan fingerprint density at radius 2 is 2.00 bits per heavy atom. The fraction of sp³-hybridized carbons (Fsp3) is 0.421. The van der Waals surface area contributed by atoms with E-state index in [2.05, 4.69) is 46.6 Å². The molecule has 2 unspecified atom stereocenters. The van der Waals surface area contributed by atoms with Crippen molar-refractivity contribution >= 4 is 32.8 Å².